The first kappa shape index (κ1) is 20.6. The normalized spacial score (nSPS) is 11.5. The largest absolute Gasteiger partial charge is 0.452 e. The van der Waals surface area contributed by atoms with Crippen LogP contribution >= 0.6 is 11.8 Å². The van der Waals surface area contributed by atoms with Crippen LogP contribution < -0.4 is 0 Å². The van der Waals surface area contributed by atoms with Crippen LogP contribution in [0.25, 0.3) is 0 Å². The topological polar surface area (TPSA) is 59.5 Å². The summed E-state index contributed by atoms with van der Waals surface area (Å²) in [5.41, 5.74) is 1.36. The smallest absolute Gasteiger partial charge is 0.341 e. The fourth-order valence-electron chi connectivity index (χ4n) is 2.71. The number of hydrogen-bond donors (Lipinski definition) is 0. The highest BCUT2D eigenvalue weighted by Gasteiger charge is 2.20. The van der Waals surface area contributed by atoms with Crippen LogP contribution in [0.4, 0.5) is 0 Å². The molecule has 5 nitrogen and oxygen atoms in total. The summed E-state index contributed by atoms with van der Waals surface area (Å²) in [6.07, 6.45) is 1.63. The third-order valence-corrected chi connectivity index (χ3v) is 5.56. The lowest BCUT2D eigenvalue weighted by molar-refractivity contribution is -0.135. The quantitative estimate of drug-likeness (QED) is 0.536. The molecule has 1 aromatic heterocycles. The summed E-state index contributed by atoms with van der Waals surface area (Å²) in [6, 6.07) is 22.6. The van der Waals surface area contributed by atoms with Gasteiger partial charge in [-0.05, 0) is 36.8 Å². The molecule has 148 valence electrons. The number of aromatic nitrogens is 1. The maximum Gasteiger partial charge on any atom is 0.341 e. The van der Waals surface area contributed by atoms with Gasteiger partial charge in [0, 0.05) is 18.1 Å². The molecule has 1 atom stereocenters. The highest BCUT2D eigenvalue weighted by atomic mass is 32.2. The average molecular weight is 407 g/mol. The molecule has 0 radical (unpaired) electrons. The van der Waals surface area contributed by atoms with Gasteiger partial charge in [-0.1, -0.05) is 60.3 Å². The van der Waals surface area contributed by atoms with Crippen molar-refractivity contribution in [3.8, 4) is 0 Å². The molecule has 0 saturated heterocycles. The summed E-state index contributed by atoms with van der Waals surface area (Å²) >= 11 is 1.38. The molecule has 0 saturated carbocycles. The van der Waals surface area contributed by atoms with Crippen molar-refractivity contribution < 1.29 is 14.3 Å². The molecule has 6 heteroatoms. The van der Waals surface area contributed by atoms with Gasteiger partial charge in [0.05, 0.1) is 11.6 Å². The second-order valence-corrected chi connectivity index (χ2v) is 7.50. The van der Waals surface area contributed by atoms with E-state index < -0.39 is 5.97 Å². The van der Waals surface area contributed by atoms with E-state index in [2.05, 4.69) is 4.98 Å². The van der Waals surface area contributed by atoms with Gasteiger partial charge in [0.15, 0.2) is 6.61 Å². The van der Waals surface area contributed by atoms with E-state index in [1.807, 2.05) is 67.6 Å². The standard InChI is InChI=1S/C23H22N2O3S/c1-17(18-10-5-3-6-11-18)25(2)21(26)16-28-23(27)20-14-9-15-24-22(20)29-19-12-7-4-8-13-19/h3-15,17H,16H2,1-2H3. The highest BCUT2D eigenvalue weighted by molar-refractivity contribution is 7.99. The van der Waals surface area contributed by atoms with E-state index in [9.17, 15) is 9.59 Å². The van der Waals surface area contributed by atoms with Crippen molar-refractivity contribution in [1.82, 2.24) is 9.88 Å². The number of ether oxygens (including phenoxy) is 1. The highest BCUT2D eigenvalue weighted by Crippen LogP contribution is 2.28. The van der Waals surface area contributed by atoms with Crippen molar-refractivity contribution in [3.05, 3.63) is 90.1 Å². The predicted molar refractivity (Wildman–Crippen MR) is 113 cm³/mol. The zero-order valence-corrected chi connectivity index (χ0v) is 17.1. The van der Waals surface area contributed by atoms with Gasteiger partial charge in [-0.3, -0.25) is 4.79 Å². The Morgan fingerprint density at radius 3 is 2.34 bits per heavy atom. The monoisotopic (exact) mass is 406 g/mol. The van der Waals surface area contributed by atoms with Gasteiger partial charge >= 0.3 is 5.97 Å². The Morgan fingerprint density at radius 2 is 1.66 bits per heavy atom. The minimum Gasteiger partial charge on any atom is -0.452 e. The Bertz CT molecular complexity index is 964. The van der Waals surface area contributed by atoms with Gasteiger partial charge < -0.3 is 9.64 Å². The number of pyridine rings is 1. The molecule has 0 aliphatic heterocycles. The zero-order chi connectivity index (χ0) is 20.6. The van der Waals surface area contributed by atoms with Crippen molar-refractivity contribution in [2.75, 3.05) is 13.7 Å². The van der Waals surface area contributed by atoms with Crippen LogP contribution in [0, 0.1) is 0 Å². The predicted octanol–water partition coefficient (Wildman–Crippen LogP) is 4.61. The van der Waals surface area contributed by atoms with Gasteiger partial charge in [-0.15, -0.1) is 0 Å². The van der Waals surface area contributed by atoms with Crippen LogP contribution in [0.2, 0.25) is 0 Å². The van der Waals surface area contributed by atoms with E-state index in [-0.39, 0.29) is 18.6 Å². The number of benzene rings is 2. The SMILES string of the molecule is CC(c1ccccc1)N(C)C(=O)COC(=O)c1cccnc1Sc1ccccc1. The molecule has 0 fully saturated rings. The number of nitrogens with zero attached hydrogens (tertiary/aromatic N) is 2. The molecule has 29 heavy (non-hydrogen) atoms. The van der Waals surface area contributed by atoms with Crippen LogP contribution in [0.1, 0.15) is 28.9 Å². The van der Waals surface area contributed by atoms with E-state index in [0.717, 1.165) is 10.5 Å². The Balaban J connectivity index is 1.63. The van der Waals surface area contributed by atoms with E-state index in [1.54, 1.807) is 30.3 Å². The summed E-state index contributed by atoms with van der Waals surface area (Å²) in [5, 5.41) is 0.544. The van der Waals surface area contributed by atoms with E-state index in [4.69, 9.17) is 4.74 Å². The first-order chi connectivity index (χ1) is 14.1. The summed E-state index contributed by atoms with van der Waals surface area (Å²) < 4.78 is 5.29. The maximum atomic E-state index is 12.6. The molecule has 0 spiro atoms. The number of esters is 1. The first-order valence-corrected chi connectivity index (χ1v) is 10.0. The zero-order valence-electron chi connectivity index (χ0n) is 16.3. The molecule has 3 aromatic rings. The van der Waals surface area contributed by atoms with Gasteiger partial charge in [0.1, 0.15) is 5.03 Å². The number of hydrogen-bond acceptors (Lipinski definition) is 5. The second kappa shape index (κ2) is 9.89. The van der Waals surface area contributed by atoms with Crippen LogP contribution in [-0.4, -0.2) is 35.4 Å². The minimum atomic E-state index is -0.564. The van der Waals surface area contributed by atoms with Crippen molar-refractivity contribution in [3.63, 3.8) is 0 Å². The van der Waals surface area contributed by atoms with E-state index in [0.29, 0.717) is 10.6 Å². The van der Waals surface area contributed by atoms with Gasteiger partial charge in [-0.2, -0.15) is 0 Å². The van der Waals surface area contributed by atoms with Crippen molar-refractivity contribution in [2.45, 2.75) is 22.9 Å². The molecular formula is C23H22N2O3S. The molecule has 3 rings (SSSR count). The molecule has 1 amide bonds. The number of amides is 1. The molecule has 1 heterocycles. The Hall–Kier alpha value is -3.12. The van der Waals surface area contributed by atoms with Crippen molar-refractivity contribution >= 4 is 23.6 Å². The lowest BCUT2D eigenvalue weighted by Crippen LogP contribution is -2.33. The number of rotatable bonds is 7. The van der Waals surface area contributed by atoms with E-state index >= 15 is 0 Å². The van der Waals surface area contributed by atoms with Crippen molar-refractivity contribution in [1.29, 1.82) is 0 Å². The Labute approximate surface area is 174 Å². The third-order valence-electron chi connectivity index (χ3n) is 4.53. The van der Waals surface area contributed by atoms with Crippen LogP contribution in [0.15, 0.2) is 88.9 Å². The fraction of sp³-hybridized carbons (Fsp3) is 0.174. The molecule has 0 aliphatic rings. The molecule has 0 bridgehead atoms. The summed E-state index contributed by atoms with van der Waals surface area (Å²) in [7, 11) is 1.70. The van der Waals surface area contributed by atoms with Crippen LogP contribution in [0.3, 0.4) is 0 Å². The summed E-state index contributed by atoms with van der Waals surface area (Å²) in [4.78, 5) is 31.9. The van der Waals surface area contributed by atoms with Gasteiger partial charge in [0.2, 0.25) is 0 Å². The number of likely N-dealkylation sites (N-methyl/N-ethyl adjacent to an activating group) is 1. The van der Waals surface area contributed by atoms with Crippen LogP contribution in [-0.2, 0) is 9.53 Å². The molecule has 0 aliphatic carbocycles. The second-order valence-electron chi connectivity index (χ2n) is 6.44. The Morgan fingerprint density at radius 1 is 1.00 bits per heavy atom. The number of carbonyl (C=O) groups excluding carboxylic acids is 2. The Kier molecular flexibility index (Phi) is 7.03. The summed E-state index contributed by atoms with van der Waals surface area (Å²) in [5.74, 6) is -0.832. The van der Waals surface area contributed by atoms with E-state index in [1.165, 1.54) is 11.8 Å². The maximum absolute atomic E-state index is 12.6. The summed E-state index contributed by atoms with van der Waals surface area (Å²) in [6.45, 7) is 1.61. The van der Waals surface area contributed by atoms with Crippen molar-refractivity contribution in [2.24, 2.45) is 0 Å². The fourth-order valence-corrected chi connectivity index (χ4v) is 3.60. The van der Waals surface area contributed by atoms with Gasteiger partial charge in [-0.25, -0.2) is 9.78 Å². The molecule has 1 unspecified atom stereocenters. The minimum absolute atomic E-state index is 0.120. The number of carbonyl (C=O) groups is 2. The molecule has 0 N–H and O–H groups in total. The molecule has 2 aromatic carbocycles. The van der Waals surface area contributed by atoms with Gasteiger partial charge in [0.25, 0.3) is 5.91 Å². The first-order valence-electron chi connectivity index (χ1n) is 9.22. The lowest BCUT2D eigenvalue weighted by atomic mass is 10.1. The molecular weight excluding hydrogens is 384 g/mol. The lowest BCUT2D eigenvalue weighted by Gasteiger charge is -2.25. The third kappa shape index (κ3) is 5.45. The van der Waals surface area contributed by atoms with Crippen LogP contribution in [0.5, 0.6) is 0 Å². The average Bonchev–Trinajstić information content (AvgIpc) is 2.78.